The smallest absolute Gasteiger partial charge is 0.335 e. The number of ether oxygens (including phenoxy) is 3. The van der Waals surface area contributed by atoms with Crippen molar-refractivity contribution < 1.29 is 24.1 Å². The lowest BCUT2D eigenvalue weighted by Gasteiger charge is -2.32. The summed E-state index contributed by atoms with van der Waals surface area (Å²) in [6, 6.07) is 12.7. The molecule has 0 bridgehead atoms. The average molecular weight is 369 g/mol. The third-order valence-corrected chi connectivity index (χ3v) is 5.03. The second-order valence-corrected chi connectivity index (χ2v) is 7.07. The third kappa shape index (κ3) is 4.34. The van der Waals surface area contributed by atoms with Crippen LogP contribution < -0.4 is 14.2 Å². The molecule has 0 aromatic heterocycles. The molecule has 2 aromatic carbocycles. The van der Waals surface area contributed by atoms with Crippen molar-refractivity contribution in [1.29, 1.82) is 0 Å². The molecule has 1 saturated heterocycles. The molecule has 0 amide bonds. The molecule has 0 spiro atoms. The first-order valence-electron chi connectivity index (χ1n) is 9.24. The second-order valence-electron chi connectivity index (χ2n) is 7.07. The quantitative estimate of drug-likeness (QED) is 0.842. The molecule has 1 unspecified atom stereocenters. The Bertz CT molecular complexity index is 805. The average Bonchev–Trinajstić information content (AvgIpc) is 3.15. The van der Waals surface area contributed by atoms with E-state index in [-0.39, 0.29) is 5.56 Å². The van der Waals surface area contributed by atoms with Gasteiger partial charge in [-0.15, -0.1) is 0 Å². The lowest BCUT2D eigenvalue weighted by molar-refractivity contribution is 0.0696. The van der Waals surface area contributed by atoms with E-state index in [0.717, 1.165) is 44.0 Å². The number of fused-ring (bicyclic) bond motifs is 1. The molecule has 2 aliphatic heterocycles. The predicted octanol–water partition coefficient (Wildman–Crippen LogP) is 3.40. The molecule has 142 valence electrons. The highest BCUT2D eigenvalue weighted by Gasteiger charge is 2.21. The van der Waals surface area contributed by atoms with Crippen LogP contribution in [0.5, 0.6) is 17.2 Å². The molecule has 1 atom stereocenters. The molecular formula is C21H23NO5. The highest BCUT2D eigenvalue weighted by Crippen LogP contribution is 2.33. The van der Waals surface area contributed by atoms with Gasteiger partial charge in [0.05, 0.1) is 12.2 Å². The molecule has 6 heteroatoms. The van der Waals surface area contributed by atoms with Crippen LogP contribution in [-0.2, 0) is 6.54 Å². The molecule has 2 aromatic rings. The normalized spacial score (nSPS) is 19.0. The second kappa shape index (κ2) is 7.88. The fourth-order valence-electron chi connectivity index (χ4n) is 3.64. The van der Waals surface area contributed by atoms with Gasteiger partial charge in [0.15, 0.2) is 11.5 Å². The number of aromatic carboxylic acids is 1. The topological polar surface area (TPSA) is 68.2 Å². The number of hydrogen-bond acceptors (Lipinski definition) is 5. The number of nitrogens with zero attached hydrogens (tertiary/aromatic N) is 1. The minimum Gasteiger partial charge on any atom is -0.493 e. The number of likely N-dealkylation sites (tertiary alicyclic amines) is 1. The summed E-state index contributed by atoms with van der Waals surface area (Å²) in [5, 5.41) is 8.95. The fraction of sp³-hybridized carbons (Fsp3) is 0.381. The zero-order valence-electron chi connectivity index (χ0n) is 15.1. The van der Waals surface area contributed by atoms with Crippen LogP contribution >= 0.6 is 0 Å². The minimum atomic E-state index is -0.923. The summed E-state index contributed by atoms with van der Waals surface area (Å²) in [5.74, 6) is 1.90. The van der Waals surface area contributed by atoms with Crippen molar-refractivity contribution in [2.75, 3.05) is 26.5 Å². The first kappa shape index (κ1) is 17.7. The largest absolute Gasteiger partial charge is 0.493 e. The van der Waals surface area contributed by atoms with Gasteiger partial charge in [-0.1, -0.05) is 6.07 Å². The van der Waals surface area contributed by atoms with Gasteiger partial charge in [0.2, 0.25) is 6.79 Å². The van der Waals surface area contributed by atoms with Crippen molar-refractivity contribution in [1.82, 2.24) is 4.90 Å². The van der Waals surface area contributed by atoms with Gasteiger partial charge in [0.1, 0.15) is 5.75 Å². The van der Waals surface area contributed by atoms with E-state index in [1.54, 1.807) is 24.3 Å². The summed E-state index contributed by atoms with van der Waals surface area (Å²) < 4.78 is 16.7. The van der Waals surface area contributed by atoms with Gasteiger partial charge in [-0.3, -0.25) is 4.90 Å². The van der Waals surface area contributed by atoms with Crippen molar-refractivity contribution in [3.8, 4) is 17.2 Å². The van der Waals surface area contributed by atoms with E-state index in [1.807, 2.05) is 6.07 Å². The molecular weight excluding hydrogens is 346 g/mol. The Morgan fingerprint density at radius 1 is 1.15 bits per heavy atom. The zero-order valence-corrected chi connectivity index (χ0v) is 15.1. The summed E-state index contributed by atoms with van der Waals surface area (Å²) in [4.78, 5) is 13.4. The molecule has 4 rings (SSSR count). The first-order valence-corrected chi connectivity index (χ1v) is 9.24. The van der Waals surface area contributed by atoms with E-state index >= 15 is 0 Å². The maximum Gasteiger partial charge on any atom is 0.335 e. The van der Waals surface area contributed by atoms with Crippen LogP contribution in [-0.4, -0.2) is 42.5 Å². The Morgan fingerprint density at radius 3 is 2.78 bits per heavy atom. The number of carboxylic acid groups (broad SMARTS) is 1. The Labute approximate surface area is 158 Å². The van der Waals surface area contributed by atoms with E-state index in [2.05, 4.69) is 17.0 Å². The van der Waals surface area contributed by atoms with Crippen molar-refractivity contribution in [3.63, 3.8) is 0 Å². The molecule has 0 saturated carbocycles. The van der Waals surface area contributed by atoms with E-state index in [0.29, 0.717) is 25.1 Å². The van der Waals surface area contributed by atoms with E-state index in [4.69, 9.17) is 19.3 Å². The summed E-state index contributed by atoms with van der Waals surface area (Å²) in [5.41, 5.74) is 1.50. The lowest BCUT2D eigenvalue weighted by Crippen LogP contribution is -2.37. The summed E-state index contributed by atoms with van der Waals surface area (Å²) >= 11 is 0. The van der Waals surface area contributed by atoms with Crippen molar-refractivity contribution >= 4 is 5.97 Å². The number of benzene rings is 2. The molecule has 1 N–H and O–H groups in total. The molecule has 27 heavy (non-hydrogen) atoms. The lowest BCUT2D eigenvalue weighted by atomic mass is 9.98. The van der Waals surface area contributed by atoms with Crippen LogP contribution in [0.3, 0.4) is 0 Å². The first-order chi connectivity index (χ1) is 13.2. The maximum atomic E-state index is 10.9. The monoisotopic (exact) mass is 369 g/mol. The van der Waals surface area contributed by atoms with Gasteiger partial charge < -0.3 is 19.3 Å². The Balaban J connectivity index is 1.29. The number of hydrogen-bond donors (Lipinski definition) is 1. The van der Waals surface area contributed by atoms with Gasteiger partial charge in [-0.2, -0.15) is 0 Å². The maximum absolute atomic E-state index is 10.9. The third-order valence-electron chi connectivity index (χ3n) is 5.03. The summed E-state index contributed by atoms with van der Waals surface area (Å²) in [6.07, 6.45) is 2.29. The number of rotatable bonds is 6. The number of carbonyl (C=O) groups is 1. The van der Waals surface area contributed by atoms with Crippen LogP contribution in [0.15, 0.2) is 42.5 Å². The van der Waals surface area contributed by atoms with E-state index in [1.165, 1.54) is 5.56 Å². The summed E-state index contributed by atoms with van der Waals surface area (Å²) in [6.45, 7) is 3.90. The number of carboxylic acids is 1. The van der Waals surface area contributed by atoms with Crippen LogP contribution in [0.4, 0.5) is 0 Å². The van der Waals surface area contributed by atoms with E-state index in [9.17, 15) is 4.79 Å². The van der Waals surface area contributed by atoms with Gasteiger partial charge in [-0.25, -0.2) is 4.79 Å². The minimum absolute atomic E-state index is 0.273. The molecule has 0 radical (unpaired) electrons. The van der Waals surface area contributed by atoms with Gasteiger partial charge in [0, 0.05) is 19.0 Å². The fourth-order valence-corrected chi connectivity index (χ4v) is 3.64. The van der Waals surface area contributed by atoms with E-state index < -0.39 is 5.97 Å². The predicted molar refractivity (Wildman–Crippen MR) is 99.5 cm³/mol. The molecule has 1 fully saturated rings. The van der Waals surface area contributed by atoms with Crippen LogP contribution in [0.25, 0.3) is 0 Å². The standard InChI is InChI=1S/C21H23NO5/c23-21(24)17-4-6-18(7-5-17)25-13-16-2-1-9-22(12-16)11-15-3-8-19-20(10-15)27-14-26-19/h3-8,10,16H,1-2,9,11-14H2,(H,23,24). The van der Waals surface area contributed by atoms with Crippen molar-refractivity contribution in [2.24, 2.45) is 5.92 Å². The van der Waals surface area contributed by atoms with Crippen molar-refractivity contribution in [2.45, 2.75) is 19.4 Å². The van der Waals surface area contributed by atoms with Gasteiger partial charge in [0.25, 0.3) is 0 Å². The van der Waals surface area contributed by atoms with Crippen LogP contribution in [0, 0.1) is 5.92 Å². The zero-order chi connectivity index (χ0) is 18.6. The van der Waals surface area contributed by atoms with Crippen LogP contribution in [0.1, 0.15) is 28.8 Å². The Hall–Kier alpha value is -2.73. The van der Waals surface area contributed by atoms with Gasteiger partial charge >= 0.3 is 5.97 Å². The highest BCUT2D eigenvalue weighted by atomic mass is 16.7. The molecule has 6 nitrogen and oxygen atoms in total. The van der Waals surface area contributed by atoms with Crippen LogP contribution in [0.2, 0.25) is 0 Å². The number of piperidine rings is 1. The van der Waals surface area contributed by atoms with Gasteiger partial charge in [-0.05, 0) is 61.3 Å². The molecule has 2 aliphatic rings. The SMILES string of the molecule is O=C(O)c1ccc(OCC2CCCN(Cc3ccc4c(c3)OCO4)C2)cc1. The highest BCUT2D eigenvalue weighted by molar-refractivity contribution is 5.87. The Morgan fingerprint density at radius 2 is 1.96 bits per heavy atom. The van der Waals surface area contributed by atoms with Crippen molar-refractivity contribution in [3.05, 3.63) is 53.6 Å². The Kier molecular flexibility index (Phi) is 5.16. The summed E-state index contributed by atoms with van der Waals surface area (Å²) in [7, 11) is 0. The molecule has 0 aliphatic carbocycles. The molecule has 2 heterocycles.